The molecule has 0 spiro atoms. The highest BCUT2D eigenvalue weighted by molar-refractivity contribution is 5.93. The molecular formula is C19H19F3N4O. The summed E-state index contributed by atoms with van der Waals surface area (Å²) in [5, 5.41) is 3.57. The lowest BCUT2D eigenvalue weighted by Gasteiger charge is -2.18. The molecule has 27 heavy (non-hydrogen) atoms. The molecule has 5 nitrogen and oxygen atoms in total. The van der Waals surface area contributed by atoms with Crippen molar-refractivity contribution in [1.29, 1.82) is 0 Å². The maximum atomic E-state index is 13.6. The molecule has 3 rings (SSSR count). The van der Waals surface area contributed by atoms with Gasteiger partial charge in [0.2, 0.25) is 5.95 Å². The van der Waals surface area contributed by atoms with Gasteiger partial charge in [0.05, 0.1) is 17.7 Å². The molecule has 0 saturated carbocycles. The number of hydrogen-bond donors (Lipinski definition) is 2. The molecule has 0 aliphatic heterocycles. The number of hydrogen-bond acceptors (Lipinski definition) is 5. The van der Waals surface area contributed by atoms with Gasteiger partial charge in [0, 0.05) is 18.0 Å². The largest absolute Gasteiger partial charge is 0.493 e. The Morgan fingerprint density at radius 3 is 2.59 bits per heavy atom. The van der Waals surface area contributed by atoms with Crippen molar-refractivity contribution in [2.24, 2.45) is 0 Å². The van der Waals surface area contributed by atoms with Gasteiger partial charge in [-0.2, -0.15) is 18.2 Å². The van der Waals surface area contributed by atoms with Crippen LogP contribution in [0.2, 0.25) is 0 Å². The van der Waals surface area contributed by atoms with Crippen molar-refractivity contribution in [2.45, 2.75) is 19.5 Å². The van der Waals surface area contributed by atoms with Gasteiger partial charge in [-0.3, -0.25) is 0 Å². The summed E-state index contributed by atoms with van der Waals surface area (Å²) >= 11 is 0. The Hall–Kier alpha value is -3.03. The summed E-state index contributed by atoms with van der Waals surface area (Å²) in [7, 11) is 1.69. The van der Waals surface area contributed by atoms with Crippen LogP contribution in [0.1, 0.15) is 18.9 Å². The Balaban J connectivity index is 2.25. The topological polar surface area (TPSA) is 73.1 Å². The summed E-state index contributed by atoms with van der Waals surface area (Å²) in [4.78, 5) is 8.25. The van der Waals surface area contributed by atoms with Crippen molar-refractivity contribution in [2.75, 3.05) is 24.7 Å². The average molecular weight is 376 g/mol. The highest BCUT2D eigenvalue weighted by Crippen LogP contribution is 2.43. The maximum absolute atomic E-state index is 13.6. The molecule has 1 aromatic heterocycles. The zero-order valence-electron chi connectivity index (χ0n) is 14.9. The van der Waals surface area contributed by atoms with E-state index in [1.54, 1.807) is 25.2 Å². The van der Waals surface area contributed by atoms with Gasteiger partial charge in [-0.05, 0) is 36.2 Å². The smallest absolute Gasteiger partial charge is 0.417 e. The Labute approximate surface area is 154 Å². The summed E-state index contributed by atoms with van der Waals surface area (Å²) in [6, 6.07) is 8.78. The predicted octanol–water partition coefficient (Wildman–Crippen LogP) is 4.73. The quantitative estimate of drug-likeness (QED) is 0.674. The van der Waals surface area contributed by atoms with Gasteiger partial charge in [0.1, 0.15) is 11.6 Å². The monoisotopic (exact) mass is 376 g/mol. The van der Waals surface area contributed by atoms with Gasteiger partial charge in [-0.1, -0.05) is 19.1 Å². The third kappa shape index (κ3) is 3.74. The molecule has 0 saturated heterocycles. The summed E-state index contributed by atoms with van der Waals surface area (Å²) in [5.74, 6) is 0.730. The molecule has 8 heteroatoms. The Kier molecular flexibility index (Phi) is 5.07. The normalized spacial score (nSPS) is 11.6. The molecule has 0 aliphatic carbocycles. The second-order valence-electron chi connectivity index (χ2n) is 5.94. The number of alkyl halides is 3. The fraction of sp³-hybridized carbons (Fsp3) is 0.263. The number of nitrogens with two attached hydrogens (primary N) is 1. The minimum atomic E-state index is -4.52. The molecule has 0 fully saturated rings. The Morgan fingerprint density at radius 1 is 1.15 bits per heavy atom. The van der Waals surface area contributed by atoms with Crippen molar-refractivity contribution in [3.8, 4) is 16.9 Å². The Morgan fingerprint density at radius 2 is 1.93 bits per heavy atom. The third-order valence-electron chi connectivity index (χ3n) is 4.03. The van der Waals surface area contributed by atoms with Crippen LogP contribution in [0.4, 0.5) is 24.9 Å². The van der Waals surface area contributed by atoms with E-state index in [2.05, 4.69) is 15.3 Å². The van der Waals surface area contributed by atoms with E-state index in [0.717, 1.165) is 6.07 Å². The van der Waals surface area contributed by atoms with E-state index in [1.165, 1.54) is 12.1 Å². The van der Waals surface area contributed by atoms with E-state index in [1.807, 2.05) is 6.92 Å². The average Bonchev–Trinajstić information content (AvgIpc) is 2.64. The molecule has 3 N–H and O–H groups in total. The van der Waals surface area contributed by atoms with Crippen LogP contribution >= 0.6 is 0 Å². The van der Waals surface area contributed by atoms with Crippen LogP contribution in [0.15, 0.2) is 36.4 Å². The van der Waals surface area contributed by atoms with E-state index in [4.69, 9.17) is 10.5 Å². The number of aromatic nitrogens is 2. The molecule has 2 aromatic carbocycles. The fourth-order valence-electron chi connectivity index (χ4n) is 2.89. The molecule has 3 aromatic rings. The van der Waals surface area contributed by atoms with Crippen molar-refractivity contribution in [3.63, 3.8) is 0 Å². The summed E-state index contributed by atoms with van der Waals surface area (Å²) in [6.45, 7) is 2.21. The van der Waals surface area contributed by atoms with E-state index < -0.39 is 11.7 Å². The molecule has 1 heterocycles. The van der Waals surface area contributed by atoms with Gasteiger partial charge >= 0.3 is 6.18 Å². The summed E-state index contributed by atoms with van der Waals surface area (Å²) < 4.78 is 46.5. The maximum Gasteiger partial charge on any atom is 0.417 e. The molecule has 0 unspecified atom stereocenters. The summed E-state index contributed by atoms with van der Waals surface area (Å²) in [6.07, 6.45) is -3.83. The predicted molar refractivity (Wildman–Crippen MR) is 99.7 cm³/mol. The number of nitrogens with zero attached hydrogens (tertiary/aromatic N) is 2. The number of halogens is 3. The molecule has 0 atom stereocenters. The standard InChI is InChI=1S/C19H19F3N4O/c1-3-9-27-15-6-4-5-13(19(20,21)22)16(15)11-7-8-12-14(10-11)25-18(23)26-17(12)24-2/h4-8,10H,3,9H2,1-2H3,(H3,23,24,25,26). The zero-order valence-corrected chi connectivity index (χ0v) is 14.9. The molecule has 0 radical (unpaired) electrons. The number of ether oxygens (including phenoxy) is 1. The van der Waals surface area contributed by atoms with Gasteiger partial charge in [-0.15, -0.1) is 0 Å². The number of nitrogens with one attached hydrogen (secondary N) is 1. The van der Waals surface area contributed by atoms with Crippen LogP contribution in [0.3, 0.4) is 0 Å². The van der Waals surface area contributed by atoms with Crippen LogP contribution in [0, 0.1) is 0 Å². The number of rotatable bonds is 5. The van der Waals surface area contributed by atoms with E-state index >= 15 is 0 Å². The van der Waals surface area contributed by atoms with Crippen LogP contribution < -0.4 is 15.8 Å². The van der Waals surface area contributed by atoms with Crippen molar-refractivity contribution < 1.29 is 17.9 Å². The molecular weight excluding hydrogens is 357 g/mol. The number of anilines is 2. The van der Waals surface area contributed by atoms with Crippen molar-refractivity contribution in [3.05, 3.63) is 42.0 Å². The SMILES string of the molecule is CCCOc1cccc(C(F)(F)F)c1-c1ccc2c(NC)nc(N)nc2c1. The number of nitrogen functional groups attached to an aromatic ring is 1. The van der Waals surface area contributed by atoms with Crippen LogP contribution in [0.5, 0.6) is 5.75 Å². The number of fused-ring (bicyclic) bond motifs is 1. The van der Waals surface area contributed by atoms with Crippen LogP contribution in [-0.4, -0.2) is 23.6 Å². The lowest BCUT2D eigenvalue weighted by atomic mass is 9.97. The van der Waals surface area contributed by atoms with E-state index in [0.29, 0.717) is 35.3 Å². The molecule has 0 amide bonds. The van der Waals surface area contributed by atoms with E-state index in [-0.39, 0.29) is 17.3 Å². The molecule has 0 bridgehead atoms. The first-order valence-electron chi connectivity index (χ1n) is 8.43. The first-order chi connectivity index (χ1) is 12.8. The van der Waals surface area contributed by atoms with Gasteiger partial charge in [0.15, 0.2) is 0 Å². The lowest BCUT2D eigenvalue weighted by molar-refractivity contribution is -0.137. The van der Waals surface area contributed by atoms with Crippen molar-refractivity contribution >= 4 is 22.7 Å². The lowest BCUT2D eigenvalue weighted by Crippen LogP contribution is -2.09. The molecule has 0 aliphatic rings. The van der Waals surface area contributed by atoms with E-state index in [9.17, 15) is 13.2 Å². The zero-order chi connectivity index (χ0) is 19.6. The minimum Gasteiger partial charge on any atom is -0.493 e. The second kappa shape index (κ2) is 7.30. The Bertz CT molecular complexity index is 973. The van der Waals surface area contributed by atoms with Crippen LogP contribution in [-0.2, 0) is 6.18 Å². The fourth-order valence-corrected chi connectivity index (χ4v) is 2.89. The summed E-state index contributed by atoms with van der Waals surface area (Å²) in [5.41, 5.74) is 5.74. The third-order valence-corrected chi connectivity index (χ3v) is 4.03. The van der Waals surface area contributed by atoms with Crippen LogP contribution in [0.25, 0.3) is 22.0 Å². The number of benzene rings is 2. The first-order valence-corrected chi connectivity index (χ1v) is 8.43. The molecule has 142 valence electrons. The van der Waals surface area contributed by atoms with Gasteiger partial charge < -0.3 is 15.8 Å². The van der Waals surface area contributed by atoms with Gasteiger partial charge in [-0.25, -0.2) is 4.98 Å². The minimum absolute atomic E-state index is 0.0106. The highest BCUT2D eigenvalue weighted by Gasteiger charge is 2.35. The second-order valence-corrected chi connectivity index (χ2v) is 5.94. The van der Waals surface area contributed by atoms with Gasteiger partial charge in [0.25, 0.3) is 0 Å². The van der Waals surface area contributed by atoms with Crippen molar-refractivity contribution in [1.82, 2.24) is 9.97 Å². The first kappa shape index (κ1) is 18.8. The highest BCUT2D eigenvalue weighted by atomic mass is 19.4.